The average Bonchev–Trinajstić information content (AvgIpc) is 3.10. The van der Waals surface area contributed by atoms with Crippen molar-refractivity contribution < 1.29 is 47.7 Å². The van der Waals surface area contributed by atoms with Crippen LogP contribution in [0.15, 0.2) is 36.4 Å². The lowest BCUT2D eigenvalue weighted by atomic mass is 9.89. The van der Waals surface area contributed by atoms with Crippen LogP contribution in [-0.4, -0.2) is 92.7 Å². The van der Waals surface area contributed by atoms with Gasteiger partial charge in [-0.25, -0.2) is 14.4 Å². The smallest absolute Gasteiger partial charge is 0.407 e. The summed E-state index contributed by atoms with van der Waals surface area (Å²) in [7, 11) is 2.75. The van der Waals surface area contributed by atoms with Crippen LogP contribution in [0.2, 0.25) is 0 Å². The minimum absolute atomic E-state index is 0.0655. The van der Waals surface area contributed by atoms with Crippen LogP contribution < -0.4 is 31.2 Å². The van der Waals surface area contributed by atoms with Crippen molar-refractivity contribution in [3.8, 4) is 22.6 Å². The van der Waals surface area contributed by atoms with Crippen molar-refractivity contribution in [2.24, 2.45) is 17.6 Å². The lowest BCUT2D eigenvalue weighted by molar-refractivity contribution is -0.146. The zero-order valence-corrected chi connectivity index (χ0v) is 32.5. The first-order valence-corrected chi connectivity index (χ1v) is 18.2. The molecule has 0 fully saturated rings. The summed E-state index contributed by atoms with van der Waals surface area (Å²) in [6.45, 7) is 11.3. The molecule has 2 aromatic rings. The fourth-order valence-electron chi connectivity index (χ4n) is 5.96. The number of benzene rings is 2. The number of ether oxygens (including phenoxy) is 4. The van der Waals surface area contributed by atoms with Crippen LogP contribution >= 0.6 is 0 Å². The number of ketones is 1. The van der Waals surface area contributed by atoms with Crippen LogP contribution in [0, 0.1) is 11.8 Å². The van der Waals surface area contributed by atoms with Gasteiger partial charge in [0.2, 0.25) is 11.8 Å². The molecule has 54 heavy (non-hydrogen) atoms. The molecular weight excluding hydrogens is 698 g/mol. The van der Waals surface area contributed by atoms with E-state index >= 15 is 0 Å². The molecular formula is C39H55N5O10. The average molecular weight is 754 g/mol. The van der Waals surface area contributed by atoms with Gasteiger partial charge in [-0.15, -0.1) is 0 Å². The van der Waals surface area contributed by atoms with E-state index in [1.165, 1.54) is 19.1 Å². The van der Waals surface area contributed by atoms with E-state index in [-0.39, 0.29) is 44.9 Å². The number of hydrogen-bond acceptors (Lipinski definition) is 10. The van der Waals surface area contributed by atoms with E-state index in [4.69, 9.17) is 24.7 Å². The molecule has 0 saturated carbocycles. The molecule has 0 unspecified atom stereocenters. The summed E-state index contributed by atoms with van der Waals surface area (Å²) in [6.07, 6.45) is 0.211. The van der Waals surface area contributed by atoms with E-state index in [0.29, 0.717) is 46.8 Å². The predicted molar refractivity (Wildman–Crippen MR) is 201 cm³/mol. The van der Waals surface area contributed by atoms with Crippen LogP contribution in [-0.2, 0) is 35.1 Å². The topological polar surface area (TPSA) is 205 Å². The summed E-state index contributed by atoms with van der Waals surface area (Å²) in [4.78, 5) is 79.3. The number of carbonyl (C=O) groups is 6. The Morgan fingerprint density at radius 1 is 0.963 bits per heavy atom. The van der Waals surface area contributed by atoms with Gasteiger partial charge in [0.25, 0.3) is 0 Å². The highest BCUT2D eigenvalue weighted by atomic mass is 16.6. The van der Waals surface area contributed by atoms with E-state index in [9.17, 15) is 28.8 Å². The summed E-state index contributed by atoms with van der Waals surface area (Å²) < 4.78 is 22.8. The number of primary amides is 1. The number of rotatable bonds is 13. The number of nitrogens with two attached hydrogens (primary N) is 1. The largest absolute Gasteiger partial charge is 0.493 e. The molecule has 1 aliphatic heterocycles. The molecule has 5 amide bonds. The van der Waals surface area contributed by atoms with E-state index < -0.39 is 59.3 Å². The van der Waals surface area contributed by atoms with Gasteiger partial charge in [-0.05, 0) is 69.0 Å². The van der Waals surface area contributed by atoms with E-state index in [2.05, 4.69) is 16.0 Å². The van der Waals surface area contributed by atoms with Crippen molar-refractivity contribution in [2.75, 3.05) is 40.5 Å². The first-order chi connectivity index (χ1) is 25.4. The number of nitrogens with one attached hydrogen (secondary N) is 3. The van der Waals surface area contributed by atoms with Crippen molar-refractivity contribution in [1.29, 1.82) is 0 Å². The first kappa shape index (κ1) is 43.1. The first-order valence-electron chi connectivity index (χ1n) is 18.2. The van der Waals surface area contributed by atoms with Gasteiger partial charge in [-0.1, -0.05) is 32.9 Å². The number of methoxy groups -OCH3 is 1. The molecule has 15 nitrogen and oxygen atoms in total. The molecule has 5 N–H and O–H groups in total. The molecule has 4 bridgehead atoms. The minimum Gasteiger partial charge on any atom is -0.493 e. The maximum atomic E-state index is 14.3. The van der Waals surface area contributed by atoms with Crippen molar-refractivity contribution in [3.05, 3.63) is 47.5 Å². The number of esters is 1. The Hall–Kier alpha value is -5.34. The molecule has 1 aliphatic rings. The van der Waals surface area contributed by atoms with Crippen molar-refractivity contribution >= 4 is 35.7 Å². The molecule has 1 heterocycles. The lowest BCUT2D eigenvalue weighted by Crippen LogP contribution is -2.46. The molecule has 15 heteroatoms. The second-order valence-corrected chi connectivity index (χ2v) is 14.4. The highest BCUT2D eigenvalue weighted by molar-refractivity contribution is 5.95. The minimum atomic E-state index is -1.12. The number of nitrogens with zero attached hydrogens (tertiary/aromatic N) is 1. The Labute approximate surface area is 317 Å². The number of likely N-dealkylation sites (N-methyl/N-ethyl adjacent to an activating group) is 1. The molecule has 2 aromatic carbocycles. The monoisotopic (exact) mass is 753 g/mol. The molecule has 0 aliphatic carbocycles. The summed E-state index contributed by atoms with van der Waals surface area (Å²) in [5.74, 6) is -2.53. The third kappa shape index (κ3) is 12.4. The fourth-order valence-corrected chi connectivity index (χ4v) is 5.96. The number of alkyl carbamates (subject to hydrolysis) is 1. The third-order valence-electron chi connectivity index (χ3n) is 8.68. The van der Waals surface area contributed by atoms with Gasteiger partial charge in [0.1, 0.15) is 35.8 Å². The van der Waals surface area contributed by atoms with Gasteiger partial charge in [0, 0.05) is 49.4 Å². The Morgan fingerprint density at radius 3 is 2.24 bits per heavy atom. The number of hydrogen-bond donors (Lipinski definition) is 4. The summed E-state index contributed by atoms with van der Waals surface area (Å²) in [5.41, 5.74) is 6.76. The second-order valence-electron chi connectivity index (χ2n) is 14.4. The van der Waals surface area contributed by atoms with Crippen LogP contribution in [0.5, 0.6) is 11.5 Å². The number of carbonyl (C=O) groups excluding carboxylic acids is 6. The molecule has 3 rings (SSSR count). The summed E-state index contributed by atoms with van der Waals surface area (Å²) in [6, 6.07) is 7.62. The fraction of sp³-hybridized carbons (Fsp3) is 0.538. The maximum absolute atomic E-state index is 14.3. The normalized spacial score (nSPS) is 17.9. The van der Waals surface area contributed by atoms with Gasteiger partial charge in [-0.2, -0.15) is 0 Å². The van der Waals surface area contributed by atoms with Crippen LogP contribution in [0.3, 0.4) is 0 Å². The summed E-state index contributed by atoms with van der Waals surface area (Å²) >= 11 is 0. The van der Waals surface area contributed by atoms with E-state index in [0.717, 1.165) is 0 Å². The number of fused-ring (bicyclic) bond motifs is 5. The van der Waals surface area contributed by atoms with Crippen LogP contribution in [0.1, 0.15) is 78.0 Å². The van der Waals surface area contributed by atoms with Crippen molar-refractivity contribution in [2.45, 2.75) is 84.9 Å². The van der Waals surface area contributed by atoms with Gasteiger partial charge in [-0.3, -0.25) is 14.4 Å². The Kier molecular flexibility index (Phi) is 15.7. The number of amides is 5. The second kappa shape index (κ2) is 19.7. The highest BCUT2D eigenvalue weighted by Gasteiger charge is 2.35. The highest BCUT2D eigenvalue weighted by Crippen LogP contribution is 2.40. The van der Waals surface area contributed by atoms with E-state index in [1.807, 2.05) is 13.0 Å². The van der Waals surface area contributed by atoms with Crippen LogP contribution in [0.4, 0.5) is 9.59 Å². The van der Waals surface area contributed by atoms with E-state index in [1.54, 1.807) is 65.0 Å². The standard InChI is InChI=1S/C39H55N5O10/c1-9-17-52-32-13-11-26-22-28(32)27-20-25(10-12-31(27)53-18-16-42-38(50)54-39(4,5)6)21-29(36(48)51-8)43-34(46)24(3)19-30(45)33(26)44(7)35(47)23(2)14-15-41-37(40)49/h10-13,20,22-24,29,33H,9,14-19,21H2,1-8H3,(H,42,50)(H,43,46)(H3,40,41,49)/t23-,24+,29-,33-/m0/s1. The molecule has 0 radical (unpaired) electrons. The maximum Gasteiger partial charge on any atom is 0.407 e. The molecule has 4 atom stereocenters. The third-order valence-corrected chi connectivity index (χ3v) is 8.68. The van der Waals surface area contributed by atoms with Crippen LogP contribution in [0.25, 0.3) is 11.1 Å². The quantitative estimate of drug-likeness (QED) is 0.171. The SMILES string of the molecule is CCCOc1ccc2cc1-c1cc(ccc1OCCNC(=O)OC(C)(C)C)C[C@@H](C(=O)OC)NC(=O)[C@H](C)CC(=O)[C@H]2N(C)C(=O)[C@@H](C)CCNC(N)=O. The van der Waals surface area contributed by atoms with Gasteiger partial charge in [0.05, 0.1) is 20.3 Å². The molecule has 0 aromatic heterocycles. The molecule has 0 saturated heterocycles. The number of Topliss-reactive ketones (excluding diaryl/α,β-unsaturated/α-hetero) is 1. The van der Waals surface area contributed by atoms with Gasteiger partial charge < -0.3 is 45.5 Å². The predicted octanol–water partition coefficient (Wildman–Crippen LogP) is 4.05. The zero-order valence-electron chi connectivity index (χ0n) is 32.5. The van der Waals surface area contributed by atoms with Crippen molar-refractivity contribution in [3.63, 3.8) is 0 Å². The Balaban J connectivity index is 2.19. The molecule has 0 spiro atoms. The van der Waals surface area contributed by atoms with Gasteiger partial charge >= 0.3 is 18.1 Å². The zero-order chi connectivity index (χ0) is 40.2. The Bertz CT molecular complexity index is 1670. The Morgan fingerprint density at radius 2 is 1.61 bits per heavy atom. The van der Waals surface area contributed by atoms with Gasteiger partial charge in [0.15, 0.2) is 5.78 Å². The lowest BCUT2D eigenvalue weighted by Gasteiger charge is -2.31. The number of urea groups is 1. The van der Waals surface area contributed by atoms with Crippen molar-refractivity contribution in [1.82, 2.24) is 20.9 Å². The molecule has 296 valence electrons. The summed E-state index contributed by atoms with van der Waals surface area (Å²) in [5, 5.41) is 7.91.